The van der Waals surface area contributed by atoms with Crippen LogP contribution in [0.15, 0.2) is 42.5 Å². The molecule has 0 saturated heterocycles. The SMILES string of the molecule is CCc1cccc(CC)c1N(CCC(=O)Nc1ccc(C(C)=O)cc1)C(C)=O. The van der Waals surface area contributed by atoms with Crippen LogP contribution in [0.4, 0.5) is 11.4 Å². The van der Waals surface area contributed by atoms with E-state index in [4.69, 9.17) is 0 Å². The molecule has 5 nitrogen and oxygen atoms in total. The van der Waals surface area contributed by atoms with Crippen LogP contribution in [-0.2, 0) is 22.4 Å². The van der Waals surface area contributed by atoms with Gasteiger partial charge in [-0.1, -0.05) is 32.0 Å². The molecule has 5 heteroatoms. The number of amides is 2. The van der Waals surface area contributed by atoms with Gasteiger partial charge in [0, 0.05) is 36.8 Å². The van der Waals surface area contributed by atoms with Crippen LogP contribution >= 0.6 is 0 Å². The van der Waals surface area contributed by atoms with Gasteiger partial charge in [0.1, 0.15) is 0 Å². The average Bonchev–Trinajstić information content (AvgIpc) is 2.68. The number of rotatable bonds is 8. The first-order chi connectivity index (χ1) is 13.4. The van der Waals surface area contributed by atoms with Gasteiger partial charge in [-0.3, -0.25) is 14.4 Å². The van der Waals surface area contributed by atoms with Crippen LogP contribution in [0.25, 0.3) is 0 Å². The highest BCUT2D eigenvalue weighted by atomic mass is 16.2. The van der Waals surface area contributed by atoms with Crippen molar-refractivity contribution in [1.82, 2.24) is 0 Å². The van der Waals surface area contributed by atoms with Crippen molar-refractivity contribution in [2.24, 2.45) is 0 Å². The Morgan fingerprint density at radius 1 is 0.893 bits per heavy atom. The van der Waals surface area contributed by atoms with Crippen molar-refractivity contribution in [3.05, 3.63) is 59.2 Å². The highest BCUT2D eigenvalue weighted by Crippen LogP contribution is 2.27. The van der Waals surface area contributed by atoms with E-state index in [1.54, 1.807) is 29.2 Å². The molecule has 28 heavy (non-hydrogen) atoms. The number of nitrogens with zero attached hydrogens (tertiary/aromatic N) is 1. The van der Waals surface area contributed by atoms with E-state index >= 15 is 0 Å². The quantitative estimate of drug-likeness (QED) is 0.691. The van der Waals surface area contributed by atoms with Crippen molar-refractivity contribution in [2.45, 2.75) is 47.0 Å². The number of benzene rings is 2. The molecule has 0 heterocycles. The van der Waals surface area contributed by atoms with E-state index in [0.29, 0.717) is 17.8 Å². The first-order valence-corrected chi connectivity index (χ1v) is 9.67. The van der Waals surface area contributed by atoms with E-state index in [1.165, 1.54) is 13.8 Å². The van der Waals surface area contributed by atoms with E-state index in [1.807, 2.05) is 18.2 Å². The Morgan fingerprint density at radius 3 is 1.93 bits per heavy atom. The lowest BCUT2D eigenvalue weighted by atomic mass is 10.0. The normalized spacial score (nSPS) is 10.4. The van der Waals surface area contributed by atoms with Crippen LogP contribution in [-0.4, -0.2) is 24.1 Å². The fourth-order valence-electron chi connectivity index (χ4n) is 3.21. The van der Waals surface area contributed by atoms with Crippen LogP contribution in [0, 0.1) is 0 Å². The van der Waals surface area contributed by atoms with Crippen LogP contribution in [0.2, 0.25) is 0 Å². The molecule has 0 bridgehead atoms. The summed E-state index contributed by atoms with van der Waals surface area (Å²) in [6, 6.07) is 12.9. The Balaban J connectivity index is 2.11. The minimum atomic E-state index is -0.172. The summed E-state index contributed by atoms with van der Waals surface area (Å²) in [6.07, 6.45) is 1.83. The first-order valence-electron chi connectivity index (χ1n) is 9.67. The maximum atomic E-state index is 12.4. The third kappa shape index (κ3) is 5.28. The minimum absolute atomic E-state index is 0.0173. The summed E-state index contributed by atoms with van der Waals surface area (Å²) in [5.41, 5.74) is 4.37. The number of Topliss-reactive ketones (excluding diaryl/α,β-unsaturated/α-hetero) is 1. The number of hydrogen-bond acceptors (Lipinski definition) is 3. The second kappa shape index (κ2) is 9.83. The van der Waals surface area contributed by atoms with E-state index in [-0.39, 0.29) is 24.0 Å². The van der Waals surface area contributed by atoms with E-state index in [2.05, 4.69) is 19.2 Å². The topological polar surface area (TPSA) is 66.5 Å². The molecule has 2 aromatic carbocycles. The van der Waals surface area contributed by atoms with Gasteiger partial charge in [0.05, 0.1) is 0 Å². The number of aryl methyl sites for hydroxylation is 2. The summed E-state index contributed by atoms with van der Waals surface area (Å²) >= 11 is 0. The molecule has 0 spiro atoms. The highest BCUT2D eigenvalue weighted by Gasteiger charge is 2.19. The lowest BCUT2D eigenvalue weighted by Crippen LogP contribution is -2.33. The van der Waals surface area contributed by atoms with Crippen LogP contribution < -0.4 is 10.2 Å². The zero-order valence-corrected chi connectivity index (χ0v) is 17.0. The Kier molecular flexibility index (Phi) is 7.50. The molecule has 0 atom stereocenters. The molecule has 0 aliphatic rings. The lowest BCUT2D eigenvalue weighted by molar-refractivity contribution is -0.117. The van der Waals surface area contributed by atoms with Gasteiger partial charge >= 0.3 is 0 Å². The van der Waals surface area contributed by atoms with Gasteiger partial charge in [-0.2, -0.15) is 0 Å². The Bertz CT molecular complexity index is 834. The predicted molar refractivity (Wildman–Crippen MR) is 113 cm³/mol. The summed E-state index contributed by atoms with van der Waals surface area (Å²) in [5, 5.41) is 2.82. The Hall–Kier alpha value is -2.95. The Morgan fingerprint density at radius 2 is 1.46 bits per heavy atom. The molecule has 2 aromatic rings. The van der Waals surface area contributed by atoms with Crippen LogP contribution in [0.1, 0.15) is 55.6 Å². The van der Waals surface area contributed by atoms with Crippen molar-refractivity contribution < 1.29 is 14.4 Å². The molecule has 0 aliphatic carbocycles. The van der Waals surface area contributed by atoms with Crippen LogP contribution in [0.5, 0.6) is 0 Å². The number of carbonyl (C=O) groups excluding carboxylic acids is 3. The van der Waals surface area contributed by atoms with Gasteiger partial charge in [-0.25, -0.2) is 0 Å². The van der Waals surface area contributed by atoms with Gasteiger partial charge in [-0.15, -0.1) is 0 Å². The molecule has 148 valence electrons. The maximum absolute atomic E-state index is 12.4. The molecule has 0 aliphatic heterocycles. The fourth-order valence-corrected chi connectivity index (χ4v) is 3.21. The van der Waals surface area contributed by atoms with E-state index in [9.17, 15) is 14.4 Å². The average molecular weight is 380 g/mol. The molecule has 1 N–H and O–H groups in total. The third-order valence-corrected chi connectivity index (χ3v) is 4.75. The zero-order chi connectivity index (χ0) is 20.7. The molecule has 0 unspecified atom stereocenters. The Labute approximate surface area is 166 Å². The fraction of sp³-hybridized carbons (Fsp3) is 0.348. The van der Waals surface area contributed by atoms with Crippen molar-refractivity contribution in [3.8, 4) is 0 Å². The first kappa shape index (κ1) is 21.4. The third-order valence-electron chi connectivity index (χ3n) is 4.75. The molecule has 0 aromatic heterocycles. The number of para-hydroxylation sites is 1. The van der Waals surface area contributed by atoms with Gasteiger partial charge in [0.2, 0.25) is 11.8 Å². The van der Waals surface area contributed by atoms with E-state index in [0.717, 1.165) is 29.7 Å². The monoisotopic (exact) mass is 380 g/mol. The molecular formula is C23H28N2O3. The standard InChI is InChI=1S/C23H28N2O3/c1-5-18-8-7-9-19(6-2)23(18)25(17(4)27)15-14-22(28)24-21-12-10-20(11-13-21)16(3)26/h7-13H,5-6,14-15H2,1-4H3,(H,24,28). The smallest absolute Gasteiger partial charge is 0.226 e. The summed E-state index contributed by atoms with van der Waals surface area (Å²) in [4.78, 5) is 37.7. The van der Waals surface area contributed by atoms with Crippen molar-refractivity contribution >= 4 is 29.0 Å². The van der Waals surface area contributed by atoms with E-state index < -0.39 is 0 Å². The summed E-state index contributed by atoms with van der Waals surface area (Å²) < 4.78 is 0. The number of carbonyl (C=O) groups is 3. The van der Waals surface area contributed by atoms with Crippen LogP contribution in [0.3, 0.4) is 0 Å². The zero-order valence-electron chi connectivity index (χ0n) is 17.0. The van der Waals surface area contributed by atoms with Gasteiger partial charge < -0.3 is 10.2 Å². The van der Waals surface area contributed by atoms with Gasteiger partial charge in [-0.05, 0) is 55.2 Å². The molecule has 2 rings (SSSR count). The number of anilines is 2. The number of hydrogen-bond donors (Lipinski definition) is 1. The number of ketones is 1. The second-order valence-corrected chi connectivity index (χ2v) is 6.73. The molecule has 0 fully saturated rings. The molecule has 2 amide bonds. The second-order valence-electron chi connectivity index (χ2n) is 6.73. The predicted octanol–water partition coefficient (Wildman–Crippen LogP) is 4.40. The maximum Gasteiger partial charge on any atom is 0.226 e. The van der Waals surface area contributed by atoms with Gasteiger partial charge in [0.15, 0.2) is 5.78 Å². The summed E-state index contributed by atoms with van der Waals surface area (Å²) in [6.45, 7) is 7.48. The van der Waals surface area contributed by atoms with Crippen molar-refractivity contribution in [2.75, 3.05) is 16.8 Å². The number of nitrogens with one attached hydrogen (secondary N) is 1. The van der Waals surface area contributed by atoms with Crippen molar-refractivity contribution in [1.29, 1.82) is 0 Å². The molecular weight excluding hydrogens is 352 g/mol. The minimum Gasteiger partial charge on any atom is -0.326 e. The summed E-state index contributed by atoms with van der Waals surface area (Å²) in [7, 11) is 0. The highest BCUT2D eigenvalue weighted by molar-refractivity contribution is 5.97. The van der Waals surface area contributed by atoms with Crippen molar-refractivity contribution in [3.63, 3.8) is 0 Å². The molecule has 0 saturated carbocycles. The lowest BCUT2D eigenvalue weighted by Gasteiger charge is -2.26. The largest absolute Gasteiger partial charge is 0.326 e. The van der Waals surface area contributed by atoms with Gasteiger partial charge in [0.25, 0.3) is 0 Å². The summed E-state index contributed by atoms with van der Waals surface area (Å²) in [5.74, 6) is -0.264. The molecule has 0 radical (unpaired) electrons.